The van der Waals surface area contributed by atoms with Gasteiger partial charge in [0.15, 0.2) is 5.78 Å². The summed E-state index contributed by atoms with van der Waals surface area (Å²) in [6.45, 7) is 8.31. The molecule has 1 fully saturated rings. The number of piperazine rings is 1. The number of carbonyl (C=O) groups is 2. The van der Waals surface area contributed by atoms with E-state index in [4.69, 9.17) is 0 Å². The van der Waals surface area contributed by atoms with Crippen molar-refractivity contribution in [2.24, 2.45) is 10.4 Å². The second-order valence-corrected chi connectivity index (χ2v) is 8.75. The van der Waals surface area contributed by atoms with E-state index >= 15 is 0 Å². The first-order chi connectivity index (χ1) is 14.3. The molecule has 1 heterocycles. The molecule has 0 saturated carbocycles. The van der Waals surface area contributed by atoms with E-state index in [1.165, 1.54) is 6.21 Å². The van der Waals surface area contributed by atoms with E-state index in [1.807, 2.05) is 55.2 Å². The number of carbonyl (C=O) groups excluding carboxylic acids is 2. The fourth-order valence-electron chi connectivity index (χ4n) is 3.83. The van der Waals surface area contributed by atoms with Crippen LogP contribution in [0.5, 0.6) is 0 Å². The summed E-state index contributed by atoms with van der Waals surface area (Å²) in [5.74, 6) is 0.150. The van der Waals surface area contributed by atoms with E-state index in [9.17, 15) is 14.7 Å². The molecule has 0 atom stereocenters. The predicted molar refractivity (Wildman–Crippen MR) is 120 cm³/mol. The largest absolute Gasteiger partial charge is 0.511 e. The molecule has 30 heavy (non-hydrogen) atoms. The Morgan fingerprint density at radius 3 is 2.50 bits per heavy atom. The zero-order valence-electron chi connectivity index (χ0n) is 17.9. The highest BCUT2D eigenvalue weighted by atomic mass is 16.3. The van der Waals surface area contributed by atoms with Gasteiger partial charge in [0, 0.05) is 57.9 Å². The van der Waals surface area contributed by atoms with Crippen LogP contribution in [0.1, 0.15) is 32.3 Å². The van der Waals surface area contributed by atoms with Crippen molar-refractivity contribution in [2.45, 2.75) is 26.7 Å². The molecule has 3 rings (SSSR count). The van der Waals surface area contributed by atoms with Crippen LogP contribution < -0.4 is 0 Å². The molecule has 1 aromatic carbocycles. The first-order valence-corrected chi connectivity index (χ1v) is 10.5. The molecule has 160 valence electrons. The summed E-state index contributed by atoms with van der Waals surface area (Å²) >= 11 is 0. The predicted octanol–water partition coefficient (Wildman–Crippen LogP) is 3.12. The monoisotopic (exact) mass is 409 g/mol. The van der Waals surface area contributed by atoms with Gasteiger partial charge in [0.2, 0.25) is 5.91 Å². The molecule has 0 bridgehead atoms. The van der Waals surface area contributed by atoms with Crippen molar-refractivity contribution >= 4 is 24.0 Å². The van der Waals surface area contributed by atoms with Crippen molar-refractivity contribution in [2.75, 3.05) is 39.3 Å². The Morgan fingerprint density at radius 1 is 1.13 bits per heavy atom. The van der Waals surface area contributed by atoms with E-state index < -0.39 is 0 Å². The van der Waals surface area contributed by atoms with Gasteiger partial charge < -0.3 is 10.0 Å². The minimum Gasteiger partial charge on any atom is -0.511 e. The van der Waals surface area contributed by atoms with Gasteiger partial charge in [-0.3, -0.25) is 19.5 Å². The molecule has 1 aromatic rings. The summed E-state index contributed by atoms with van der Waals surface area (Å²) in [4.78, 5) is 33.0. The Balaban J connectivity index is 1.41. The molecule has 0 unspecified atom stereocenters. The number of Topliss-reactive ketones (excluding diaryl/α,β-unsaturated/α-hetero) is 1. The lowest BCUT2D eigenvalue weighted by molar-refractivity contribution is -0.127. The number of hydrogen-bond donors (Lipinski definition) is 1. The van der Waals surface area contributed by atoms with Crippen LogP contribution in [0, 0.1) is 5.41 Å². The molecule has 0 spiro atoms. The van der Waals surface area contributed by atoms with Crippen molar-refractivity contribution < 1.29 is 14.7 Å². The van der Waals surface area contributed by atoms with E-state index in [0.29, 0.717) is 38.0 Å². The topological polar surface area (TPSA) is 73.2 Å². The van der Waals surface area contributed by atoms with Crippen LogP contribution >= 0.6 is 0 Å². The highest BCUT2D eigenvalue weighted by Crippen LogP contribution is 2.35. The van der Waals surface area contributed by atoms with Gasteiger partial charge in [0.1, 0.15) is 5.76 Å². The second kappa shape index (κ2) is 9.85. The van der Waals surface area contributed by atoms with Crippen LogP contribution in [0.3, 0.4) is 0 Å². The Kier molecular flexibility index (Phi) is 7.21. The number of aliphatic hydroxyl groups is 1. The zero-order valence-corrected chi connectivity index (χ0v) is 17.9. The van der Waals surface area contributed by atoms with Crippen molar-refractivity contribution in [1.29, 1.82) is 0 Å². The summed E-state index contributed by atoms with van der Waals surface area (Å²) in [5, 5.41) is 10.1. The number of hydrogen-bond acceptors (Lipinski definition) is 5. The van der Waals surface area contributed by atoms with Crippen LogP contribution in [-0.2, 0) is 9.59 Å². The van der Waals surface area contributed by atoms with E-state index in [2.05, 4.69) is 9.89 Å². The molecular formula is C24H31N3O3. The van der Waals surface area contributed by atoms with Gasteiger partial charge in [-0.05, 0) is 17.1 Å². The van der Waals surface area contributed by atoms with Gasteiger partial charge in [0.25, 0.3) is 0 Å². The average molecular weight is 410 g/mol. The van der Waals surface area contributed by atoms with Crippen molar-refractivity contribution in [3.05, 3.63) is 53.3 Å². The SMILES string of the molecule is CC1(C)CC(=O)C(C=NCCN2CCN(C(=O)C=Cc3ccccc3)CC2)=C(O)C1. The molecule has 0 aromatic heterocycles. The summed E-state index contributed by atoms with van der Waals surface area (Å²) in [5.41, 5.74) is 1.18. The number of ketones is 1. The lowest BCUT2D eigenvalue weighted by atomic mass is 9.77. The van der Waals surface area contributed by atoms with Gasteiger partial charge in [0.05, 0.1) is 12.1 Å². The first-order valence-electron chi connectivity index (χ1n) is 10.5. The quantitative estimate of drug-likeness (QED) is 0.579. The lowest BCUT2D eigenvalue weighted by Crippen LogP contribution is -2.48. The Labute approximate surface area is 178 Å². The molecule has 6 nitrogen and oxygen atoms in total. The summed E-state index contributed by atoms with van der Waals surface area (Å²) in [6.07, 6.45) is 5.96. The lowest BCUT2D eigenvalue weighted by Gasteiger charge is -2.33. The molecule has 2 aliphatic rings. The van der Waals surface area contributed by atoms with Crippen molar-refractivity contribution in [3.8, 4) is 0 Å². The molecular weight excluding hydrogens is 378 g/mol. The van der Waals surface area contributed by atoms with E-state index in [1.54, 1.807) is 6.08 Å². The van der Waals surface area contributed by atoms with Crippen molar-refractivity contribution in [3.63, 3.8) is 0 Å². The standard InChI is InChI=1S/C24H31N3O3/c1-24(2)16-21(28)20(22(29)17-24)18-25-10-11-26-12-14-27(15-13-26)23(30)9-8-19-6-4-3-5-7-19/h3-9,18,28H,10-17H2,1-2H3. The Morgan fingerprint density at radius 2 is 1.83 bits per heavy atom. The van der Waals surface area contributed by atoms with Gasteiger partial charge in [-0.2, -0.15) is 0 Å². The summed E-state index contributed by atoms with van der Waals surface area (Å²) < 4.78 is 0. The van der Waals surface area contributed by atoms with Crippen molar-refractivity contribution in [1.82, 2.24) is 9.80 Å². The van der Waals surface area contributed by atoms with Gasteiger partial charge in [-0.15, -0.1) is 0 Å². The maximum absolute atomic E-state index is 12.4. The average Bonchev–Trinajstić information content (AvgIpc) is 2.71. The molecule has 1 aliphatic carbocycles. The third kappa shape index (κ3) is 6.13. The Bertz CT molecular complexity index is 848. The number of aliphatic imine (C=N–C) groups is 1. The van der Waals surface area contributed by atoms with Gasteiger partial charge in [-0.25, -0.2) is 0 Å². The number of aliphatic hydroxyl groups excluding tert-OH is 1. The molecule has 1 amide bonds. The molecule has 6 heteroatoms. The minimum atomic E-state index is -0.189. The van der Waals surface area contributed by atoms with Gasteiger partial charge in [-0.1, -0.05) is 44.2 Å². The van der Waals surface area contributed by atoms with E-state index in [-0.39, 0.29) is 22.9 Å². The highest BCUT2D eigenvalue weighted by Gasteiger charge is 2.32. The third-order valence-electron chi connectivity index (χ3n) is 5.56. The highest BCUT2D eigenvalue weighted by molar-refractivity contribution is 6.14. The number of nitrogens with zero attached hydrogens (tertiary/aromatic N) is 3. The molecule has 0 radical (unpaired) electrons. The molecule has 1 aliphatic heterocycles. The Hall–Kier alpha value is -2.73. The molecule has 1 saturated heterocycles. The number of rotatable bonds is 6. The number of amides is 1. The first kappa shape index (κ1) is 22.0. The summed E-state index contributed by atoms with van der Waals surface area (Å²) in [6, 6.07) is 9.80. The third-order valence-corrected chi connectivity index (χ3v) is 5.56. The smallest absolute Gasteiger partial charge is 0.246 e. The zero-order chi connectivity index (χ0) is 21.6. The van der Waals surface area contributed by atoms with Crippen LogP contribution in [0.25, 0.3) is 6.08 Å². The maximum Gasteiger partial charge on any atom is 0.246 e. The molecule has 1 N–H and O–H groups in total. The summed E-state index contributed by atoms with van der Waals surface area (Å²) in [7, 11) is 0. The van der Waals surface area contributed by atoms with Crippen LogP contribution in [0.15, 0.2) is 52.7 Å². The number of allylic oxidation sites excluding steroid dienone is 2. The van der Waals surface area contributed by atoms with E-state index in [0.717, 1.165) is 25.2 Å². The maximum atomic E-state index is 12.4. The van der Waals surface area contributed by atoms with Crippen LogP contribution in [0.2, 0.25) is 0 Å². The fourth-order valence-corrected chi connectivity index (χ4v) is 3.83. The fraction of sp³-hybridized carbons (Fsp3) is 0.458. The van der Waals surface area contributed by atoms with Crippen LogP contribution in [-0.4, -0.2) is 72.1 Å². The van der Waals surface area contributed by atoms with Crippen LogP contribution in [0.4, 0.5) is 0 Å². The second-order valence-electron chi connectivity index (χ2n) is 8.75. The minimum absolute atomic E-state index is 0.0387. The normalized spacial score (nSPS) is 20.5. The van der Waals surface area contributed by atoms with Gasteiger partial charge >= 0.3 is 0 Å². The number of benzene rings is 1.